The third kappa shape index (κ3) is 5.83. The summed E-state index contributed by atoms with van der Waals surface area (Å²) in [7, 11) is 0. The van der Waals surface area contributed by atoms with Crippen LogP contribution in [0.1, 0.15) is 11.1 Å². The molecule has 3 heterocycles. The van der Waals surface area contributed by atoms with Gasteiger partial charge in [0.15, 0.2) is 0 Å². The van der Waals surface area contributed by atoms with E-state index in [0.717, 1.165) is 60.1 Å². The van der Waals surface area contributed by atoms with Crippen LogP contribution in [0.4, 0.5) is 11.4 Å². The summed E-state index contributed by atoms with van der Waals surface area (Å²) >= 11 is 0. The summed E-state index contributed by atoms with van der Waals surface area (Å²) in [6.45, 7) is 3.78. The van der Waals surface area contributed by atoms with E-state index in [9.17, 15) is 4.79 Å². The molecule has 7 heteroatoms. The molecule has 1 aliphatic heterocycles. The lowest BCUT2D eigenvalue weighted by atomic mass is 10.1. The molecule has 0 aliphatic carbocycles. The van der Waals surface area contributed by atoms with Gasteiger partial charge < -0.3 is 15.0 Å². The average molecular weight is 466 g/mol. The van der Waals surface area contributed by atoms with Gasteiger partial charge in [-0.3, -0.25) is 14.5 Å². The number of rotatable bonds is 7. The van der Waals surface area contributed by atoms with E-state index in [0.29, 0.717) is 6.54 Å². The number of hydrogen-bond acceptors (Lipinski definition) is 5. The number of anilines is 2. The molecular weight excluding hydrogens is 438 g/mol. The zero-order valence-corrected chi connectivity index (χ0v) is 19.4. The summed E-state index contributed by atoms with van der Waals surface area (Å²) < 4.78 is 7.33. The molecule has 1 aliphatic rings. The van der Waals surface area contributed by atoms with Gasteiger partial charge in [0.25, 0.3) is 0 Å². The van der Waals surface area contributed by atoms with Gasteiger partial charge in [-0.05, 0) is 42.0 Å². The second-order valence-electron chi connectivity index (χ2n) is 8.33. The number of ether oxygens (including phenoxy) is 1. The van der Waals surface area contributed by atoms with Crippen LogP contribution < -0.4 is 10.2 Å². The highest BCUT2D eigenvalue weighted by Gasteiger charge is 2.13. The molecule has 35 heavy (non-hydrogen) atoms. The summed E-state index contributed by atoms with van der Waals surface area (Å²) in [6.07, 6.45) is 8.82. The molecule has 2 aromatic heterocycles. The molecule has 1 amide bonds. The number of carbonyl (C=O) groups excluding carboxylic acids is 1. The fourth-order valence-electron chi connectivity index (χ4n) is 4.09. The molecular formula is C28H27N5O2. The fourth-order valence-corrected chi connectivity index (χ4v) is 4.09. The predicted octanol–water partition coefficient (Wildman–Crippen LogP) is 4.48. The average Bonchev–Trinajstić information content (AvgIpc) is 3.32. The van der Waals surface area contributed by atoms with Crippen molar-refractivity contribution in [3.8, 4) is 11.3 Å². The molecule has 0 unspecified atom stereocenters. The third-order valence-electron chi connectivity index (χ3n) is 5.82. The Kier molecular flexibility index (Phi) is 6.96. The Balaban J connectivity index is 1.33. The molecule has 2 aromatic carbocycles. The van der Waals surface area contributed by atoms with Crippen LogP contribution in [0.2, 0.25) is 0 Å². The Labute approximate surface area is 204 Å². The molecule has 0 saturated carbocycles. The van der Waals surface area contributed by atoms with Crippen LogP contribution in [0.3, 0.4) is 0 Å². The second kappa shape index (κ2) is 10.8. The van der Waals surface area contributed by atoms with Gasteiger partial charge in [-0.25, -0.2) is 0 Å². The number of morpholine rings is 1. The molecule has 176 valence electrons. The van der Waals surface area contributed by atoms with Crippen LogP contribution in [-0.2, 0) is 16.1 Å². The normalized spacial score (nSPS) is 13.8. The van der Waals surface area contributed by atoms with Crippen molar-refractivity contribution in [2.75, 3.05) is 36.5 Å². The summed E-state index contributed by atoms with van der Waals surface area (Å²) in [5.41, 5.74) is 5.53. The molecule has 0 atom stereocenters. The lowest BCUT2D eigenvalue weighted by Gasteiger charge is -2.29. The summed E-state index contributed by atoms with van der Waals surface area (Å²) in [4.78, 5) is 19.2. The van der Waals surface area contributed by atoms with Crippen LogP contribution in [0.25, 0.3) is 17.3 Å². The summed E-state index contributed by atoms with van der Waals surface area (Å²) in [5.74, 6) is -0.197. The van der Waals surface area contributed by atoms with Gasteiger partial charge in [0.05, 0.1) is 19.8 Å². The van der Waals surface area contributed by atoms with Crippen molar-refractivity contribution < 1.29 is 9.53 Å². The Bertz CT molecular complexity index is 1300. The molecule has 4 aromatic rings. The molecule has 1 N–H and O–H groups in total. The van der Waals surface area contributed by atoms with E-state index in [1.165, 1.54) is 0 Å². The maximum absolute atomic E-state index is 12.7. The highest BCUT2D eigenvalue weighted by Crippen LogP contribution is 2.24. The van der Waals surface area contributed by atoms with E-state index in [4.69, 9.17) is 9.84 Å². The molecule has 0 bridgehead atoms. The van der Waals surface area contributed by atoms with E-state index in [1.807, 2.05) is 59.4 Å². The van der Waals surface area contributed by atoms with Gasteiger partial charge in [0, 0.05) is 60.3 Å². The van der Waals surface area contributed by atoms with E-state index < -0.39 is 0 Å². The fraction of sp³-hybridized carbons (Fsp3) is 0.179. The monoisotopic (exact) mass is 465 g/mol. The van der Waals surface area contributed by atoms with Crippen LogP contribution in [0, 0.1) is 0 Å². The van der Waals surface area contributed by atoms with Gasteiger partial charge >= 0.3 is 0 Å². The number of benzene rings is 2. The number of nitrogens with one attached hydrogen (secondary N) is 1. The SMILES string of the molecule is O=C(C=Cc1cn(Cc2ccccc2)nc1-c1cccnc1)Nc1cccc(N2CCOCC2)c1. The van der Waals surface area contributed by atoms with Gasteiger partial charge in [-0.15, -0.1) is 0 Å². The number of aromatic nitrogens is 3. The first kappa shape index (κ1) is 22.6. The Morgan fingerprint density at radius 2 is 1.89 bits per heavy atom. The Hall–Kier alpha value is -4.23. The maximum Gasteiger partial charge on any atom is 0.248 e. The van der Waals surface area contributed by atoms with E-state index >= 15 is 0 Å². The lowest BCUT2D eigenvalue weighted by molar-refractivity contribution is -0.111. The minimum atomic E-state index is -0.197. The van der Waals surface area contributed by atoms with Crippen molar-refractivity contribution in [3.05, 3.63) is 103 Å². The van der Waals surface area contributed by atoms with Crippen LogP contribution in [-0.4, -0.2) is 47.0 Å². The highest BCUT2D eigenvalue weighted by atomic mass is 16.5. The first-order chi connectivity index (χ1) is 17.2. The van der Waals surface area contributed by atoms with Crippen molar-refractivity contribution >= 4 is 23.4 Å². The first-order valence-corrected chi connectivity index (χ1v) is 11.7. The number of hydrogen-bond donors (Lipinski definition) is 1. The van der Waals surface area contributed by atoms with Crippen molar-refractivity contribution in [1.82, 2.24) is 14.8 Å². The summed E-state index contributed by atoms with van der Waals surface area (Å²) in [6, 6.07) is 21.9. The van der Waals surface area contributed by atoms with Crippen molar-refractivity contribution in [3.63, 3.8) is 0 Å². The smallest absolute Gasteiger partial charge is 0.248 e. The minimum Gasteiger partial charge on any atom is -0.378 e. The van der Waals surface area contributed by atoms with Crippen LogP contribution in [0.5, 0.6) is 0 Å². The predicted molar refractivity (Wildman–Crippen MR) is 138 cm³/mol. The Morgan fingerprint density at radius 3 is 2.69 bits per heavy atom. The topological polar surface area (TPSA) is 72.3 Å². The largest absolute Gasteiger partial charge is 0.378 e. The lowest BCUT2D eigenvalue weighted by Crippen LogP contribution is -2.36. The number of amides is 1. The second-order valence-corrected chi connectivity index (χ2v) is 8.33. The third-order valence-corrected chi connectivity index (χ3v) is 5.82. The van der Waals surface area contributed by atoms with Crippen molar-refractivity contribution in [2.45, 2.75) is 6.54 Å². The minimum absolute atomic E-state index is 0.197. The van der Waals surface area contributed by atoms with Gasteiger partial charge in [-0.2, -0.15) is 5.10 Å². The standard InChI is InChI=1S/C28H27N5O2/c34-27(30-25-9-4-10-26(18-25)32-14-16-35-17-15-32)12-11-24-21-33(20-22-6-2-1-3-7-22)31-28(24)23-8-5-13-29-19-23/h1-13,18-19,21H,14-17,20H2,(H,30,34). The van der Waals surface area contributed by atoms with Crippen molar-refractivity contribution in [2.24, 2.45) is 0 Å². The molecule has 0 spiro atoms. The van der Waals surface area contributed by atoms with Crippen LogP contribution >= 0.6 is 0 Å². The van der Waals surface area contributed by atoms with Gasteiger partial charge in [0.2, 0.25) is 5.91 Å². The van der Waals surface area contributed by atoms with Crippen LogP contribution in [0.15, 0.2) is 91.4 Å². The molecule has 0 radical (unpaired) electrons. The Morgan fingerprint density at radius 1 is 1.03 bits per heavy atom. The highest BCUT2D eigenvalue weighted by molar-refractivity contribution is 6.02. The quantitative estimate of drug-likeness (QED) is 0.408. The molecule has 7 nitrogen and oxygen atoms in total. The van der Waals surface area contributed by atoms with E-state index in [1.54, 1.807) is 24.5 Å². The first-order valence-electron chi connectivity index (χ1n) is 11.7. The van der Waals surface area contributed by atoms with E-state index in [-0.39, 0.29) is 5.91 Å². The number of nitrogens with zero attached hydrogens (tertiary/aromatic N) is 4. The number of carbonyl (C=O) groups is 1. The molecule has 1 fully saturated rings. The van der Waals surface area contributed by atoms with E-state index in [2.05, 4.69) is 33.4 Å². The zero-order chi connectivity index (χ0) is 23.9. The van der Waals surface area contributed by atoms with Crippen molar-refractivity contribution in [1.29, 1.82) is 0 Å². The number of pyridine rings is 1. The van der Waals surface area contributed by atoms with Gasteiger partial charge in [0.1, 0.15) is 5.69 Å². The molecule has 1 saturated heterocycles. The zero-order valence-electron chi connectivity index (χ0n) is 19.4. The summed E-state index contributed by atoms with van der Waals surface area (Å²) in [5, 5.41) is 7.75. The maximum atomic E-state index is 12.7. The van der Waals surface area contributed by atoms with Gasteiger partial charge in [-0.1, -0.05) is 36.4 Å². The molecule has 5 rings (SSSR count).